The van der Waals surface area contributed by atoms with Crippen molar-refractivity contribution >= 4 is 23.0 Å². The highest BCUT2D eigenvalue weighted by Gasteiger charge is 2.35. The third kappa shape index (κ3) is 2.64. The molecule has 1 amide bonds. The molecule has 0 fully saturated rings. The van der Waals surface area contributed by atoms with Crippen molar-refractivity contribution in [3.05, 3.63) is 46.9 Å². The Labute approximate surface area is 116 Å². The summed E-state index contributed by atoms with van der Waals surface area (Å²) in [7, 11) is 0. The standard InChI is InChI=1S/C12H9F3N2O2S/c13-6-12(7-2-1-3-8(14)9(7)15)4-5-20-10(17-12)16-11(18)19/h1-5H,6H2,(H,16,17)(H,18,19). The number of alkyl halides is 1. The molecule has 0 aromatic heterocycles. The zero-order chi connectivity index (χ0) is 14.8. The minimum Gasteiger partial charge on any atom is -0.465 e. The molecule has 2 rings (SSSR count). The number of thioether (sulfide) groups is 1. The number of carboxylic acid groups (broad SMARTS) is 1. The van der Waals surface area contributed by atoms with Gasteiger partial charge in [0.05, 0.1) is 0 Å². The number of amidine groups is 1. The van der Waals surface area contributed by atoms with Crippen LogP contribution in [-0.2, 0) is 5.54 Å². The molecular weight excluding hydrogens is 293 g/mol. The highest BCUT2D eigenvalue weighted by molar-refractivity contribution is 8.16. The Hall–Kier alpha value is -1.96. The Morgan fingerprint density at radius 3 is 2.85 bits per heavy atom. The highest BCUT2D eigenvalue weighted by Crippen LogP contribution is 2.35. The lowest BCUT2D eigenvalue weighted by molar-refractivity contribution is 0.200. The number of amides is 1. The van der Waals surface area contributed by atoms with Gasteiger partial charge in [0.1, 0.15) is 12.2 Å². The third-order valence-electron chi connectivity index (χ3n) is 2.66. The number of hydrogen-bond acceptors (Lipinski definition) is 3. The summed E-state index contributed by atoms with van der Waals surface area (Å²) in [5, 5.41) is 11.9. The van der Waals surface area contributed by atoms with Gasteiger partial charge in [0.15, 0.2) is 16.8 Å². The molecule has 0 saturated carbocycles. The van der Waals surface area contributed by atoms with E-state index in [-0.39, 0.29) is 10.7 Å². The topological polar surface area (TPSA) is 61.7 Å². The summed E-state index contributed by atoms with van der Waals surface area (Å²) in [6.07, 6.45) is -0.109. The number of rotatable bonds is 2. The summed E-state index contributed by atoms with van der Waals surface area (Å²) in [5.41, 5.74) is -2.06. The van der Waals surface area contributed by atoms with Gasteiger partial charge in [-0.15, -0.1) is 0 Å². The molecule has 8 heteroatoms. The first kappa shape index (κ1) is 14.4. The summed E-state index contributed by atoms with van der Waals surface area (Å²) < 4.78 is 40.5. The summed E-state index contributed by atoms with van der Waals surface area (Å²) in [6.45, 7) is -1.13. The highest BCUT2D eigenvalue weighted by atomic mass is 32.2. The lowest BCUT2D eigenvalue weighted by Gasteiger charge is -2.27. The van der Waals surface area contributed by atoms with E-state index in [1.807, 2.05) is 5.32 Å². The van der Waals surface area contributed by atoms with E-state index >= 15 is 0 Å². The van der Waals surface area contributed by atoms with E-state index in [1.54, 1.807) is 0 Å². The molecule has 0 saturated heterocycles. The number of nitrogens with zero attached hydrogens (tertiary/aromatic N) is 1. The fraction of sp³-hybridized carbons (Fsp3) is 0.167. The van der Waals surface area contributed by atoms with Gasteiger partial charge in [-0.25, -0.2) is 23.0 Å². The van der Waals surface area contributed by atoms with Crippen LogP contribution in [-0.4, -0.2) is 23.0 Å². The fourth-order valence-corrected chi connectivity index (χ4v) is 2.52. The molecule has 1 aromatic rings. The van der Waals surface area contributed by atoms with Gasteiger partial charge in [0.25, 0.3) is 0 Å². The quantitative estimate of drug-likeness (QED) is 0.883. The maximum Gasteiger partial charge on any atom is 0.410 e. The Kier molecular flexibility index (Phi) is 4.03. The third-order valence-corrected chi connectivity index (χ3v) is 3.35. The summed E-state index contributed by atoms with van der Waals surface area (Å²) >= 11 is 0.909. The van der Waals surface area contributed by atoms with Crippen LogP contribution in [0.4, 0.5) is 18.0 Å². The second-order valence-corrected chi connectivity index (χ2v) is 4.82. The van der Waals surface area contributed by atoms with Gasteiger partial charge in [0, 0.05) is 5.56 Å². The van der Waals surface area contributed by atoms with Crippen LogP contribution < -0.4 is 5.32 Å². The first-order chi connectivity index (χ1) is 9.48. The van der Waals surface area contributed by atoms with Gasteiger partial charge in [-0.05, 0) is 17.6 Å². The van der Waals surface area contributed by atoms with Crippen molar-refractivity contribution in [2.24, 2.45) is 4.99 Å². The summed E-state index contributed by atoms with van der Waals surface area (Å²) in [4.78, 5) is 14.4. The van der Waals surface area contributed by atoms with Crippen LogP contribution in [0.15, 0.2) is 34.7 Å². The van der Waals surface area contributed by atoms with Crippen molar-refractivity contribution in [2.75, 3.05) is 6.67 Å². The average molecular weight is 302 g/mol. The smallest absolute Gasteiger partial charge is 0.410 e. The number of halogens is 3. The number of nitrogens with one attached hydrogen (secondary N) is 1. The number of hydrogen-bond donors (Lipinski definition) is 2. The number of benzene rings is 1. The van der Waals surface area contributed by atoms with Crippen LogP contribution in [0.2, 0.25) is 0 Å². The molecule has 1 atom stereocenters. The van der Waals surface area contributed by atoms with Gasteiger partial charge in [-0.3, -0.25) is 5.32 Å². The van der Waals surface area contributed by atoms with Crippen LogP contribution in [0, 0.1) is 11.6 Å². The zero-order valence-electron chi connectivity index (χ0n) is 9.94. The second kappa shape index (κ2) is 5.58. The molecule has 0 spiro atoms. The number of carbonyl (C=O) groups is 1. The minimum atomic E-state index is -1.77. The van der Waals surface area contributed by atoms with Crippen molar-refractivity contribution in [3.8, 4) is 0 Å². The predicted octanol–water partition coefficient (Wildman–Crippen LogP) is 3.01. The molecular formula is C12H9F3N2O2S. The molecule has 1 aliphatic heterocycles. The molecule has 1 aromatic carbocycles. The monoisotopic (exact) mass is 302 g/mol. The summed E-state index contributed by atoms with van der Waals surface area (Å²) in [5.74, 6) is -2.33. The fourth-order valence-electron chi connectivity index (χ4n) is 1.74. The van der Waals surface area contributed by atoms with E-state index in [1.165, 1.54) is 23.6 Å². The Balaban J connectivity index is 2.50. The van der Waals surface area contributed by atoms with E-state index in [2.05, 4.69) is 4.99 Å². The van der Waals surface area contributed by atoms with E-state index in [4.69, 9.17) is 5.11 Å². The molecule has 0 bridgehead atoms. The second-order valence-electron chi connectivity index (χ2n) is 3.93. The van der Waals surface area contributed by atoms with Gasteiger partial charge >= 0.3 is 6.09 Å². The van der Waals surface area contributed by atoms with Gasteiger partial charge in [-0.1, -0.05) is 23.9 Å². The van der Waals surface area contributed by atoms with E-state index in [0.717, 1.165) is 17.8 Å². The Morgan fingerprint density at radius 1 is 1.45 bits per heavy atom. The molecule has 0 aliphatic carbocycles. The number of aliphatic imine (C=N–C) groups is 1. The van der Waals surface area contributed by atoms with Crippen LogP contribution >= 0.6 is 11.8 Å². The van der Waals surface area contributed by atoms with E-state index in [0.29, 0.717) is 0 Å². The molecule has 106 valence electrons. The largest absolute Gasteiger partial charge is 0.465 e. The van der Waals surface area contributed by atoms with Crippen molar-refractivity contribution in [1.29, 1.82) is 0 Å². The van der Waals surface area contributed by atoms with Crippen molar-refractivity contribution < 1.29 is 23.1 Å². The molecule has 1 unspecified atom stereocenters. The lowest BCUT2D eigenvalue weighted by atomic mass is 9.91. The maximum atomic E-state index is 13.8. The zero-order valence-corrected chi connectivity index (χ0v) is 10.8. The van der Waals surface area contributed by atoms with Crippen LogP contribution in [0.3, 0.4) is 0 Å². The van der Waals surface area contributed by atoms with Crippen molar-refractivity contribution in [3.63, 3.8) is 0 Å². The van der Waals surface area contributed by atoms with E-state index < -0.39 is 29.9 Å². The first-order valence-electron chi connectivity index (χ1n) is 5.43. The van der Waals surface area contributed by atoms with Crippen LogP contribution in [0.25, 0.3) is 0 Å². The van der Waals surface area contributed by atoms with Gasteiger partial charge in [-0.2, -0.15) is 0 Å². The lowest BCUT2D eigenvalue weighted by Crippen LogP contribution is -2.34. The normalized spacial score (nSPS) is 21.4. The Bertz CT molecular complexity index is 606. The molecule has 4 nitrogen and oxygen atoms in total. The average Bonchev–Trinajstić information content (AvgIpc) is 2.41. The van der Waals surface area contributed by atoms with Crippen LogP contribution in [0.5, 0.6) is 0 Å². The SMILES string of the molecule is O=C(O)NC1=NC(CF)(c2cccc(F)c2F)C=CS1. The molecule has 1 aliphatic rings. The molecule has 20 heavy (non-hydrogen) atoms. The van der Waals surface area contributed by atoms with Gasteiger partial charge in [0.2, 0.25) is 0 Å². The minimum absolute atomic E-state index is 0.110. The van der Waals surface area contributed by atoms with Gasteiger partial charge < -0.3 is 5.11 Å². The van der Waals surface area contributed by atoms with Crippen molar-refractivity contribution in [2.45, 2.75) is 5.54 Å². The summed E-state index contributed by atoms with van der Waals surface area (Å²) in [6, 6.07) is 3.35. The Morgan fingerprint density at radius 2 is 2.20 bits per heavy atom. The molecule has 1 heterocycles. The van der Waals surface area contributed by atoms with E-state index in [9.17, 15) is 18.0 Å². The van der Waals surface area contributed by atoms with Crippen molar-refractivity contribution in [1.82, 2.24) is 5.32 Å². The first-order valence-corrected chi connectivity index (χ1v) is 6.31. The molecule has 0 radical (unpaired) electrons. The predicted molar refractivity (Wildman–Crippen MR) is 69.3 cm³/mol. The van der Waals surface area contributed by atoms with Crippen LogP contribution in [0.1, 0.15) is 5.56 Å². The molecule has 2 N–H and O–H groups in total. The maximum absolute atomic E-state index is 13.8.